The van der Waals surface area contributed by atoms with Crippen molar-refractivity contribution >= 4 is 17.2 Å². The van der Waals surface area contributed by atoms with Crippen LogP contribution < -0.4 is 20.5 Å². The van der Waals surface area contributed by atoms with E-state index in [9.17, 15) is 44.7 Å². The molecule has 1 atom stereocenters. The smallest absolute Gasteiger partial charge is 0.416 e. The molecule has 232 valence electrons. The molecule has 0 radical (unpaired) electrons. The minimum atomic E-state index is -5.09. The number of tetrazole rings is 1. The molecule has 0 aliphatic carbocycles. The van der Waals surface area contributed by atoms with Crippen LogP contribution in [0.2, 0.25) is 0 Å². The number of rotatable bonds is 11. The number of hydrogen-bond donors (Lipinski definition) is 2. The second-order valence-electron chi connectivity index (χ2n) is 9.48. The summed E-state index contributed by atoms with van der Waals surface area (Å²) in [5.74, 6) is -1.46. The lowest BCUT2D eigenvalue weighted by molar-refractivity contribution is -0.201. The Morgan fingerprint density at radius 2 is 1.56 bits per heavy atom. The molecule has 1 aliphatic rings. The lowest BCUT2D eigenvalue weighted by Crippen LogP contribution is -2.59. The number of unbranched alkanes of at least 4 members (excludes halogenated alkanes) is 2. The third-order valence-corrected chi connectivity index (χ3v) is 6.59. The summed E-state index contributed by atoms with van der Waals surface area (Å²) in [4.78, 5) is 25.6. The Hall–Kier alpha value is -4.44. The minimum absolute atomic E-state index is 0.0135. The van der Waals surface area contributed by atoms with Gasteiger partial charge in [-0.2, -0.15) is 39.8 Å². The van der Waals surface area contributed by atoms with Crippen LogP contribution in [0.5, 0.6) is 11.5 Å². The van der Waals surface area contributed by atoms with Gasteiger partial charge < -0.3 is 14.8 Å². The fourth-order valence-electron chi connectivity index (χ4n) is 4.57. The van der Waals surface area contributed by atoms with E-state index >= 15 is 0 Å². The van der Waals surface area contributed by atoms with Gasteiger partial charge in [0, 0.05) is 12.8 Å². The van der Waals surface area contributed by atoms with Gasteiger partial charge in [0.05, 0.1) is 6.61 Å². The number of ether oxygens (including phenoxy) is 2. The zero-order valence-electron chi connectivity index (χ0n) is 21.9. The van der Waals surface area contributed by atoms with E-state index in [-0.39, 0.29) is 42.1 Å². The summed E-state index contributed by atoms with van der Waals surface area (Å²) in [6, 6.07) is 9.05. The Morgan fingerprint density at radius 1 is 0.907 bits per heavy atom. The topological polar surface area (TPSA) is 111 Å². The largest absolute Gasteiger partial charge is 0.494 e. The van der Waals surface area contributed by atoms with Crippen molar-refractivity contribution in [2.75, 3.05) is 6.61 Å². The average molecular weight is 621 g/mol. The Labute approximate surface area is 237 Å². The monoisotopic (exact) mass is 621 g/mol. The second-order valence-corrected chi connectivity index (χ2v) is 9.48. The van der Waals surface area contributed by atoms with Gasteiger partial charge in [0.1, 0.15) is 17.2 Å². The number of hydrogen-bond acceptors (Lipinski definition) is 6. The zero-order valence-corrected chi connectivity index (χ0v) is 21.9. The quantitative estimate of drug-likeness (QED) is 0.219. The highest BCUT2D eigenvalue weighted by atomic mass is 19.4. The molecule has 1 aliphatic heterocycles. The maximum atomic E-state index is 14.9. The molecular weight excluding hydrogens is 598 g/mol. The number of aromatic amines is 1. The molecule has 4 rings (SSSR count). The molecular formula is C26H23F8N5O4. The fourth-order valence-corrected chi connectivity index (χ4v) is 4.57. The molecule has 0 saturated heterocycles. The van der Waals surface area contributed by atoms with Gasteiger partial charge in [0.2, 0.25) is 0 Å². The fraction of sp³-hybridized carbons (Fsp3) is 0.385. The van der Waals surface area contributed by atoms with Crippen molar-refractivity contribution in [3.63, 3.8) is 0 Å². The van der Waals surface area contributed by atoms with Gasteiger partial charge in [-0.05, 0) is 70.7 Å². The van der Waals surface area contributed by atoms with Crippen LogP contribution in [-0.4, -0.2) is 51.7 Å². The SMILES string of the molecule is O=C1NC(c2ccc(OCCCCCC(F)(F)F)cc2)(C(F)(F)F)CC(c2ccc(OC(F)F)cc2)=C1n1nn[nH]c1=O. The van der Waals surface area contributed by atoms with Crippen LogP contribution in [0.3, 0.4) is 0 Å². The maximum absolute atomic E-state index is 14.9. The molecule has 17 heteroatoms. The van der Waals surface area contributed by atoms with E-state index in [0.717, 1.165) is 36.4 Å². The molecule has 2 N–H and O–H groups in total. The molecule has 0 saturated carbocycles. The number of carbonyl (C=O) groups excluding carboxylic acids is 1. The van der Waals surface area contributed by atoms with E-state index < -0.39 is 60.2 Å². The minimum Gasteiger partial charge on any atom is -0.494 e. The number of H-pyrrole nitrogens is 1. The summed E-state index contributed by atoms with van der Waals surface area (Å²) in [6.45, 7) is -3.12. The van der Waals surface area contributed by atoms with Gasteiger partial charge >= 0.3 is 24.7 Å². The number of benzene rings is 2. The molecule has 43 heavy (non-hydrogen) atoms. The first-order valence-electron chi connectivity index (χ1n) is 12.7. The number of alkyl halides is 8. The van der Waals surface area contributed by atoms with Gasteiger partial charge in [0.15, 0.2) is 5.54 Å². The lowest BCUT2D eigenvalue weighted by Gasteiger charge is -2.41. The molecule has 0 spiro atoms. The Balaban J connectivity index is 1.65. The molecule has 3 aromatic rings. The van der Waals surface area contributed by atoms with Crippen molar-refractivity contribution in [3.8, 4) is 11.5 Å². The number of carbonyl (C=O) groups is 1. The molecule has 0 fully saturated rings. The summed E-state index contributed by atoms with van der Waals surface area (Å²) in [5.41, 5.74) is -5.29. The zero-order chi connectivity index (χ0) is 31.4. The molecule has 1 aromatic heterocycles. The summed E-state index contributed by atoms with van der Waals surface area (Å²) in [7, 11) is 0. The van der Waals surface area contributed by atoms with E-state index in [1.54, 1.807) is 0 Å². The molecule has 1 unspecified atom stereocenters. The first kappa shape index (κ1) is 31.5. The summed E-state index contributed by atoms with van der Waals surface area (Å²) in [5, 5.41) is 10.7. The van der Waals surface area contributed by atoms with E-state index in [1.165, 1.54) is 12.1 Å². The second kappa shape index (κ2) is 12.4. The first-order chi connectivity index (χ1) is 20.2. The van der Waals surface area contributed by atoms with E-state index in [1.807, 2.05) is 10.4 Å². The number of amides is 1. The number of aromatic nitrogens is 4. The van der Waals surface area contributed by atoms with Crippen LogP contribution in [0.4, 0.5) is 35.1 Å². The van der Waals surface area contributed by atoms with Crippen LogP contribution in [-0.2, 0) is 10.3 Å². The highest BCUT2D eigenvalue weighted by Gasteiger charge is 2.60. The van der Waals surface area contributed by atoms with E-state index in [0.29, 0.717) is 11.1 Å². The van der Waals surface area contributed by atoms with E-state index in [2.05, 4.69) is 15.2 Å². The standard InChI is InChI=1S/C26H23F8N5O4/c27-22(28)43-18-8-4-15(5-9-18)19-14-24(26(32,33)34,35-21(40)20(19)39-23(41)36-37-38-39)16-6-10-17(11-7-16)42-13-3-1-2-12-25(29,30)31/h4-11,22H,1-3,12-14H2,(H,35,40)(H,36,38,41). The van der Waals surface area contributed by atoms with Crippen molar-refractivity contribution in [1.29, 1.82) is 0 Å². The van der Waals surface area contributed by atoms with Crippen molar-refractivity contribution in [2.24, 2.45) is 0 Å². The first-order valence-corrected chi connectivity index (χ1v) is 12.7. The highest BCUT2D eigenvalue weighted by Crippen LogP contribution is 2.49. The van der Waals surface area contributed by atoms with Crippen LogP contribution in [0.1, 0.15) is 43.2 Å². The molecule has 2 aromatic carbocycles. The normalized spacial score (nSPS) is 17.7. The van der Waals surface area contributed by atoms with Gasteiger partial charge in [-0.3, -0.25) is 4.79 Å². The van der Waals surface area contributed by atoms with Gasteiger partial charge in [-0.15, -0.1) is 0 Å². The molecule has 2 heterocycles. The molecule has 1 amide bonds. The van der Waals surface area contributed by atoms with Crippen LogP contribution in [0, 0.1) is 0 Å². The van der Waals surface area contributed by atoms with Crippen LogP contribution in [0.25, 0.3) is 11.3 Å². The van der Waals surface area contributed by atoms with E-state index in [4.69, 9.17) is 4.74 Å². The van der Waals surface area contributed by atoms with Gasteiger partial charge in [-0.1, -0.05) is 24.3 Å². The summed E-state index contributed by atoms with van der Waals surface area (Å²) in [6.07, 6.45) is -10.8. The Morgan fingerprint density at radius 3 is 2.12 bits per heavy atom. The van der Waals surface area contributed by atoms with Crippen molar-refractivity contribution in [1.82, 2.24) is 25.5 Å². The Kier molecular flexibility index (Phi) is 9.10. The average Bonchev–Trinajstić information content (AvgIpc) is 3.34. The van der Waals surface area contributed by atoms with Gasteiger partial charge in [-0.25, -0.2) is 9.89 Å². The number of nitrogens with one attached hydrogen (secondary N) is 2. The summed E-state index contributed by atoms with van der Waals surface area (Å²) >= 11 is 0. The predicted octanol–water partition coefficient (Wildman–Crippen LogP) is 5.42. The Bertz CT molecular complexity index is 1500. The third kappa shape index (κ3) is 7.32. The van der Waals surface area contributed by atoms with Crippen LogP contribution in [0.15, 0.2) is 53.3 Å². The molecule has 0 bridgehead atoms. The lowest BCUT2D eigenvalue weighted by atomic mass is 9.77. The third-order valence-electron chi connectivity index (χ3n) is 6.59. The number of halogens is 8. The molecule has 9 nitrogen and oxygen atoms in total. The number of nitrogens with zero attached hydrogens (tertiary/aromatic N) is 3. The van der Waals surface area contributed by atoms with Crippen molar-refractivity contribution < 1.29 is 49.4 Å². The maximum Gasteiger partial charge on any atom is 0.416 e. The predicted molar refractivity (Wildman–Crippen MR) is 134 cm³/mol. The summed E-state index contributed by atoms with van der Waals surface area (Å²) < 4.78 is 117. The highest BCUT2D eigenvalue weighted by molar-refractivity contribution is 6.23. The van der Waals surface area contributed by atoms with Crippen LogP contribution >= 0.6 is 0 Å². The van der Waals surface area contributed by atoms with Crippen molar-refractivity contribution in [2.45, 2.75) is 56.6 Å². The van der Waals surface area contributed by atoms with Gasteiger partial charge in [0.25, 0.3) is 5.91 Å². The van der Waals surface area contributed by atoms with Crippen molar-refractivity contribution in [3.05, 3.63) is 70.1 Å².